The lowest BCUT2D eigenvalue weighted by molar-refractivity contribution is 0.271. The lowest BCUT2D eigenvalue weighted by Gasteiger charge is -2.31. The summed E-state index contributed by atoms with van der Waals surface area (Å²) >= 11 is 3.62. The van der Waals surface area contributed by atoms with Gasteiger partial charge in [-0.05, 0) is 65.4 Å². The van der Waals surface area contributed by atoms with E-state index in [2.05, 4.69) is 46.4 Å². The Hall–Kier alpha value is -0.540. The number of hydrogen-bond donors (Lipinski definition) is 1. The van der Waals surface area contributed by atoms with Crippen molar-refractivity contribution in [3.63, 3.8) is 0 Å². The van der Waals surface area contributed by atoms with Crippen LogP contribution in [0.3, 0.4) is 0 Å². The summed E-state index contributed by atoms with van der Waals surface area (Å²) in [4.78, 5) is 0. The van der Waals surface area contributed by atoms with Crippen molar-refractivity contribution >= 4 is 15.9 Å². The molecular formula is C17H26BrNO. The van der Waals surface area contributed by atoms with Gasteiger partial charge in [-0.3, -0.25) is 0 Å². The lowest BCUT2D eigenvalue weighted by atomic mass is 9.81. The van der Waals surface area contributed by atoms with Crippen molar-refractivity contribution < 1.29 is 4.74 Å². The van der Waals surface area contributed by atoms with E-state index >= 15 is 0 Å². The van der Waals surface area contributed by atoms with Crippen LogP contribution in [0.25, 0.3) is 0 Å². The molecule has 0 aliphatic heterocycles. The maximum atomic E-state index is 5.34. The molecule has 0 amide bonds. The van der Waals surface area contributed by atoms with Crippen LogP contribution in [-0.4, -0.2) is 13.7 Å². The van der Waals surface area contributed by atoms with Gasteiger partial charge in [0.1, 0.15) is 5.75 Å². The summed E-state index contributed by atoms with van der Waals surface area (Å²) < 4.78 is 6.39. The first-order valence-electron chi connectivity index (χ1n) is 7.83. The van der Waals surface area contributed by atoms with Gasteiger partial charge in [0.05, 0.1) is 11.6 Å². The van der Waals surface area contributed by atoms with Crippen molar-refractivity contribution in [2.45, 2.75) is 51.5 Å². The molecule has 1 saturated carbocycles. The minimum Gasteiger partial charge on any atom is -0.496 e. The molecule has 3 heteroatoms. The van der Waals surface area contributed by atoms with Crippen molar-refractivity contribution in [1.82, 2.24) is 5.32 Å². The van der Waals surface area contributed by atoms with Crippen LogP contribution in [0.5, 0.6) is 5.75 Å². The van der Waals surface area contributed by atoms with Crippen LogP contribution in [0.4, 0.5) is 0 Å². The van der Waals surface area contributed by atoms with Gasteiger partial charge in [0, 0.05) is 6.04 Å². The summed E-state index contributed by atoms with van der Waals surface area (Å²) in [7, 11) is 1.72. The van der Waals surface area contributed by atoms with E-state index in [1.165, 1.54) is 44.1 Å². The fourth-order valence-electron chi connectivity index (χ4n) is 3.20. The van der Waals surface area contributed by atoms with Crippen LogP contribution in [-0.2, 0) is 0 Å². The van der Waals surface area contributed by atoms with E-state index in [1.807, 2.05) is 0 Å². The van der Waals surface area contributed by atoms with Crippen LogP contribution >= 0.6 is 15.9 Å². The van der Waals surface area contributed by atoms with E-state index in [0.717, 1.165) is 22.7 Å². The number of methoxy groups -OCH3 is 1. The van der Waals surface area contributed by atoms with E-state index in [-0.39, 0.29) is 0 Å². The van der Waals surface area contributed by atoms with Gasteiger partial charge in [-0.1, -0.05) is 32.3 Å². The second-order valence-corrected chi connectivity index (χ2v) is 6.58. The lowest BCUT2D eigenvalue weighted by Crippen LogP contribution is -2.30. The van der Waals surface area contributed by atoms with Crippen LogP contribution < -0.4 is 10.1 Å². The molecule has 20 heavy (non-hydrogen) atoms. The van der Waals surface area contributed by atoms with Crippen molar-refractivity contribution in [2.75, 3.05) is 13.7 Å². The molecule has 0 spiro atoms. The number of halogens is 1. The zero-order chi connectivity index (χ0) is 14.4. The van der Waals surface area contributed by atoms with Gasteiger partial charge in [-0.25, -0.2) is 0 Å². The summed E-state index contributed by atoms with van der Waals surface area (Å²) in [5, 5.41) is 3.76. The monoisotopic (exact) mass is 339 g/mol. The highest BCUT2D eigenvalue weighted by molar-refractivity contribution is 9.10. The molecule has 1 fully saturated rings. The summed E-state index contributed by atoms with van der Waals surface area (Å²) in [6.45, 7) is 3.32. The number of rotatable bonds is 6. The van der Waals surface area contributed by atoms with E-state index in [4.69, 9.17) is 4.74 Å². The molecule has 1 aliphatic carbocycles. The highest BCUT2D eigenvalue weighted by Gasteiger charge is 2.24. The average molecular weight is 340 g/mol. The predicted molar refractivity (Wildman–Crippen MR) is 88.3 cm³/mol. The van der Waals surface area contributed by atoms with Gasteiger partial charge in [-0.2, -0.15) is 0 Å². The van der Waals surface area contributed by atoms with Gasteiger partial charge in [0.2, 0.25) is 0 Å². The van der Waals surface area contributed by atoms with Gasteiger partial charge < -0.3 is 10.1 Å². The molecule has 0 bridgehead atoms. The number of hydrogen-bond acceptors (Lipinski definition) is 2. The molecule has 1 aromatic rings. The SMILES string of the molecule is CCCNC(c1ccc(OC)c(Br)c1)C1CCCCC1. The Balaban J connectivity index is 2.18. The van der Waals surface area contributed by atoms with Gasteiger partial charge in [-0.15, -0.1) is 0 Å². The van der Waals surface area contributed by atoms with Gasteiger partial charge in [0.25, 0.3) is 0 Å². The largest absolute Gasteiger partial charge is 0.496 e. The first kappa shape index (κ1) is 15.8. The minimum absolute atomic E-state index is 0.484. The third-order valence-corrected chi connectivity index (χ3v) is 4.89. The topological polar surface area (TPSA) is 21.3 Å². The first-order chi connectivity index (χ1) is 9.76. The molecule has 2 rings (SSSR count). The zero-order valence-electron chi connectivity index (χ0n) is 12.6. The van der Waals surface area contributed by atoms with Crippen molar-refractivity contribution in [2.24, 2.45) is 5.92 Å². The van der Waals surface area contributed by atoms with Crippen LogP contribution in [0.15, 0.2) is 22.7 Å². The Labute approximate surface area is 131 Å². The predicted octanol–water partition coefficient (Wildman–Crippen LogP) is 5.08. The normalized spacial score (nSPS) is 17.9. The Morgan fingerprint density at radius 3 is 2.65 bits per heavy atom. The maximum absolute atomic E-state index is 5.34. The third kappa shape index (κ3) is 3.98. The smallest absolute Gasteiger partial charge is 0.133 e. The molecule has 1 aliphatic rings. The molecule has 112 valence electrons. The molecule has 1 N–H and O–H groups in total. The van der Waals surface area contributed by atoms with Crippen molar-refractivity contribution in [3.8, 4) is 5.75 Å². The fraction of sp³-hybridized carbons (Fsp3) is 0.647. The van der Waals surface area contributed by atoms with Crippen molar-refractivity contribution in [1.29, 1.82) is 0 Å². The quantitative estimate of drug-likeness (QED) is 0.780. The van der Waals surface area contributed by atoms with E-state index < -0.39 is 0 Å². The van der Waals surface area contributed by atoms with E-state index in [1.54, 1.807) is 7.11 Å². The fourth-order valence-corrected chi connectivity index (χ4v) is 3.76. The highest BCUT2D eigenvalue weighted by atomic mass is 79.9. The second-order valence-electron chi connectivity index (χ2n) is 5.72. The number of benzene rings is 1. The van der Waals surface area contributed by atoms with Crippen LogP contribution in [0.2, 0.25) is 0 Å². The zero-order valence-corrected chi connectivity index (χ0v) is 14.2. The molecule has 1 unspecified atom stereocenters. The minimum atomic E-state index is 0.484. The maximum Gasteiger partial charge on any atom is 0.133 e. The second kappa shape index (κ2) is 8.04. The highest BCUT2D eigenvalue weighted by Crippen LogP contribution is 2.36. The van der Waals surface area contributed by atoms with Crippen LogP contribution in [0, 0.1) is 5.92 Å². The summed E-state index contributed by atoms with van der Waals surface area (Å²) in [6, 6.07) is 6.99. The standard InChI is InChI=1S/C17H26BrNO/c1-3-11-19-17(13-7-5-4-6-8-13)14-9-10-16(20-2)15(18)12-14/h9-10,12-13,17,19H,3-8,11H2,1-2H3. The number of ether oxygens (including phenoxy) is 1. The summed E-state index contributed by atoms with van der Waals surface area (Å²) in [5.74, 6) is 1.68. The molecule has 0 aromatic heterocycles. The summed E-state index contributed by atoms with van der Waals surface area (Å²) in [5.41, 5.74) is 1.39. The average Bonchev–Trinajstić information content (AvgIpc) is 2.49. The summed E-state index contributed by atoms with van der Waals surface area (Å²) in [6.07, 6.45) is 8.05. The molecular weight excluding hydrogens is 314 g/mol. The molecule has 2 nitrogen and oxygen atoms in total. The Morgan fingerprint density at radius 2 is 2.05 bits per heavy atom. The van der Waals surface area contributed by atoms with Crippen LogP contribution in [0.1, 0.15) is 57.1 Å². The third-order valence-electron chi connectivity index (χ3n) is 4.27. The number of nitrogens with one attached hydrogen (secondary N) is 1. The molecule has 0 heterocycles. The van der Waals surface area contributed by atoms with Crippen molar-refractivity contribution in [3.05, 3.63) is 28.2 Å². The first-order valence-corrected chi connectivity index (χ1v) is 8.62. The van der Waals surface area contributed by atoms with E-state index in [0.29, 0.717) is 6.04 Å². The Morgan fingerprint density at radius 1 is 1.30 bits per heavy atom. The van der Waals surface area contributed by atoms with Gasteiger partial charge >= 0.3 is 0 Å². The Kier molecular flexibility index (Phi) is 6.37. The molecule has 1 atom stereocenters. The Bertz CT molecular complexity index is 415. The van der Waals surface area contributed by atoms with E-state index in [9.17, 15) is 0 Å². The molecule has 1 aromatic carbocycles. The molecule has 0 saturated heterocycles. The molecule has 0 radical (unpaired) electrons. The van der Waals surface area contributed by atoms with Gasteiger partial charge in [0.15, 0.2) is 0 Å².